The summed E-state index contributed by atoms with van der Waals surface area (Å²) in [7, 11) is 2.04. The predicted octanol–water partition coefficient (Wildman–Crippen LogP) is 2.80. The maximum atomic E-state index is 6.14. The summed E-state index contributed by atoms with van der Waals surface area (Å²) in [6, 6.07) is 0. The topological polar surface area (TPSA) is 36.3 Å². The van der Waals surface area contributed by atoms with Crippen molar-refractivity contribution >= 4 is 0 Å². The van der Waals surface area contributed by atoms with Crippen LogP contribution in [-0.4, -0.2) is 28.8 Å². The van der Waals surface area contributed by atoms with E-state index in [4.69, 9.17) is 14.6 Å². The van der Waals surface area contributed by atoms with E-state index in [9.17, 15) is 0 Å². The molecule has 2 aliphatic carbocycles. The number of hydrogen-bond acceptors (Lipinski definition) is 3. The maximum absolute atomic E-state index is 6.14. The van der Waals surface area contributed by atoms with Gasteiger partial charge in [0.05, 0.1) is 18.9 Å². The second-order valence-electron chi connectivity index (χ2n) is 7.86. The van der Waals surface area contributed by atoms with Crippen molar-refractivity contribution in [3.05, 3.63) is 17.5 Å². The highest BCUT2D eigenvalue weighted by Gasteiger charge is 2.63. The van der Waals surface area contributed by atoms with E-state index < -0.39 is 0 Å². The largest absolute Gasteiger partial charge is 0.347 e. The van der Waals surface area contributed by atoms with Gasteiger partial charge in [-0.1, -0.05) is 20.8 Å². The van der Waals surface area contributed by atoms with Crippen LogP contribution in [0.4, 0.5) is 0 Å². The molecule has 0 unspecified atom stereocenters. The molecule has 2 heterocycles. The van der Waals surface area contributed by atoms with Crippen LogP contribution in [0.5, 0.6) is 0 Å². The van der Waals surface area contributed by atoms with Crippen LogP contribution in [0.25, 0.3) is 0 Å². The molecular weight excluding hydrogens is 264 g/mol. The van der Waals surface area contributed by atoms with Crippen molar-refractivity contribution in [2.45, 2.75) is 57.7 Å². The first kappa shape index (κ1) is 13.8. The Kier molecular flexibility index (Phi) is 2.69. The number of ether oxygens (including phenoxy) is 2. The van der Waals surface area contributed by atoms with Crippen LogP contribution in [0.1, 0.15) is 51.3 Å². The molecule has 4 heteroatoms. The molecule has 0 amide bonds. The third-order valence-corrected chi connectivity index (χ3v) is 6.50. The fourth-order valence-corrected chi connectivity index (χ4v) is 5.42. The Morgan fingerprint density at radius 1 is 1.19 bits per heavy atom. The Morgan fingerprint density at radius 2 is 1.90 bits per heavy atom. The van der Waals surface area contributed by atoms with Gasteiger partial charge in [0.2, 0.25) is 0 Å². The molecule has 1 saturated carbocycles. The molecule has 1 saturated heterocycles. The molecule has 2 atom stereocenters. The Balaban J connectivity index is 1.80. The highest BCUT2D eigenvalue weighted by Crippen LogP contribution is 2.62. The molecule has 0 aromatic carbocycles. The summed E-state index contributed by atoms with van der Waals surface area (Å²) in [4.78, 5) is 0. The maximum Gasteiger partial charge on any atom is 0.173 e. The first-order valence-corrected chi connectivity index (χ1v) is 8.20. The zero-order valence-corrected chi connectivity index (χ0v) is 13.6. The van der Waals surface area contributed by atoms with E-state index >= 15 is 0 Å². The predicted molar refractivity (Wildman–Crippen MR) is 80.0 cm³/mol. The van der Waals surface area contributed by atoms with Crippen LogP contribution < -0.4 is 0 Å². The van der Waals surface area contributed by atoms with Crippen LogP contribution in [0.15, 0.2) is 6.20 Å². The summed E-state index contributed by atoms with van der Waals surface area (Å²) < 4.78 is 14.3. The quantitative estimate of drug-likeness (QED) is 0.737. The summed E-state index contributed by atoms with van der Waals surface area (Å²) in [5.74, 6) is 0.183. The third kappa shape index (κ3) is 1.61. The van der Waals surface area contributed by atoms with E-state index in [1.165, 1.54) is 17.7 Å². The van der Waals surface area contributed by atoms with Crippen molar-refractivity contribution in [2.75, 3.05) is 13.2 Å². The van der Waals surface area contributed by atoms with Gasteiger partial charge in [-0.15, -0.1) is 0 Å². The fourth-order valence-electron chi connectivity index (χ4n) is 5.42. The lowest BCUT2D eigenvalue weighted by Gasteiger charge is -2.59. The van der Waals surface area contributed by atoms with Gasteiger partial charge >= 0.3 is 0 Å². The number of aryl methyl sites for hydroxylation is 2. The third-order valence-electron chi connectivity index (χ3n) is 6.50. The normalized spacial score (nSPS) is 36.5. The van der Waals surface area contributed by atoms with Crippen LogP contribution >= 0.6 is 0 Å². The minimum absolute atomic E-state index is 0.0196. The van der Waals surface area contributed by atoms with E-state index in [0.29, 0.717) is 5.92 Å². The highest BCUT2D eigenvalue weighted by molar-refractivity contribution is 5.33. The first-order chi connectivity index (χ1) is 9.89. The van der Waals surface area contributed by atoms with E-state index in [1.807, 2.05) is 11.7 Å². The van der Waals surface area contributed by atoms with Gasteiger partial charge < -0.3 is 9.47 Å². The molecule has 4 nitrogen and oxygen atoms in total. The van der Waals surface area contributed by atoms with E-state index in [1.54, 1.807) is 0 Å². The average Bonchev–Trinajstić information content (AvgIpc) is 3.03. The molecule has 4 rings (SSSR count). The van der Waals surface area contributed by atoms with Gasteiger partial charge in [0.25, 0.3) is 0 Å². The first-order valence-electron chi connectivity index (χ1n) is 8.20. The number of aromatic nitrogens is 2. The van der Waals surface area contributed by atoms with Crippen LogP contribution in [0.2, 0.25) is 0 Å². The van der Waals surface area contributed by atoms with Crippen molar-refractivity contribution in [1.29, 1.82) is 0 Å². The Hall–Kier alpha value is -0.870. The lowest BCUT2D eigenvalue weighted by atomic mass is 9.49. The molecule has 1 aliphatic heterocycles. The lowest BCUT2D eigenvalue weighted by molar-refractivity contribution is -0.276. The average molecular weight is 290 g/mol. The van der Waals surface area contributed by atoms with Gasteiger partial charge in [-0.25, -0.2) is 0 Å². The summed E-state index contributed by atoms with van der Waals surface area (Å²) in [5.41, 5.74) is 2.93. The SMILES string of the molecule is Cn1cc2c(n1)[C@@]1(C)CCC3(OCCO3)C(C)(C)[C@@H]1CC2. The molecule has 1 aromatic heterocycles. The van der Waals surface area contributed by atoms with Gasteiger partial charge in [-0.2, -0.15) is 5.10 Å². The van der Waals surface area contributed by atoms with Gasteiger partial charge in [-0.05, 0) is 30.7 Å². The van der Waals surface area contributed by atoms with Gasteiger partial charge in [0.15, 0.2) is 5.79 Å². The number of hydrogen-bond donors (Lipinski definition) is 0. The molecule has 116 valence electrons. The molecule has 0 N–H and O–H groups in total. The Labute approximate surface area is 126 Å². The molecule has 0 bridgehead atoms. The van der Waals surface area contributed by atoms with Crippen molar-refractivity contribution < 1.29 is 9.47 Å². The zero-order valence-electron chi connectivity index (χ0n) is 13.6. The highest BCUT2D eigenvalue weighted by atomic mass is 16.7. The van der Waals surface area contributed by atoms with E-state index in [2.05, 4.69) is 27.0 Å². The smallest absolute Gasteiger partial charge is 0.173 e. The number of rotatable bonds is 0. The summed E-state index contributed by atoms with van der Waals surface area (Å²) in [6.45, 7) is 8.57. The standard InChI is InChI=1S/C17H26N2O2/c1-15(2)13-6-5-12-11-19(4)18-14(12)16(13,3)7-8-17(15)20-9-10-21-17/h11,13H,5-10H2,1-4H3/t13-,16-/m0/s1. The minimum atomic E-state index is -0.372. The van der Waals surface area contributed by atoms with E-state index in [-0.39, 0.29) is 16.6 Å². The Bertz CT molecular complexity index is 571. The zero-order chi connectivity index (χ0) is 14.9. The summed E-state index contributed by atoms with van der Waals surface area (Å²) in [5, 5.41) is 4.82. The molecular formula is C17H26N2O2. The molecule has 3 aliphatic rings. The van der Waals surface area contributed by atoms with E-state index in [0.717, 1.165) is 32.5 Å². The van der Waals surface area contributed by atoms with Crippen molar-refractivity contribution in [3.63, 3.8) is 0 Å². The van der Waals surface area contributed by atoms with Crippen molar-refractivity contribution in [2.24, 2.45) is 18.4 Å². The van der Waals surface area contributed by atoms with Gasteiger partial charge in [0, 0.05) is 30.5 Å². The van der Waals surface area contributed by atoms with Crippen molar-refractivity contribution in [3.8, 4) is 0 Å². The monoisotopic (exact) mass is 290 g/mol. The minimum Gasteiger partial charge on any atom is -0.347 e. The second-order valence-corrected chi connectivity index (χ2v) is 7.86. The van der Waals surface area contributed by atoms with Crippen molar-refractivity contribution in [1.82, 2.24) is 9.78 Å². The molecule has 0 radical (unpaired) electrons. The molecule has 1 spiro atoms. The second kappa shape index (κ2) is 4.11. The summed E-state index contributed by atoms with van der Waals surface area (Å²) >= 11 is 0. The Morgan fingerprint density at radius 3 is 2.62 bits per heavy atom. The van der Waals surface area contributed by atoms with Gasteiger partial charge in [0.1, 0.15) is 0 Å². The molecule has 2 fully saturated rings. The number of fused-ring (bicyclic) bond motifs is 3. The fraction of sp³-hybridized carbons (Fsp3) is 0.824. The lowest BCUT2D eigenvalue weighted by Crippen LogP contribution is -2.61. The number of nitrogens with zero attached hydrogens (tertiary/aromatic N) is 2. The molecule has 1 aromatic rings. The summed E-state index contributed by atoms with van der Waals surface area (Å²) in [6.07, 6.45) is 6.62. The van der Waals surface area contributed by atoms with Crippen LogP contribution in [0, 0.1) is 11.3 Å². The van der Waals surface area contributed by atoms with Crippen LogP contribution in [-0.2, 0) is 28.4 Å². The van der Waals surface area contributed by atoms with Gasteiger partial charge in [-0.3, -0.25) is 4.68 Å². The molecule has 21 heavy (non-hydrogen) atoms. The van der Waals surface area contributed by atoms with Crippen LogP contribution in [0.3, 0.4) is 0 Å².